The van der Waals surface area contributed by atoms with E-state index < -0.39 is 23.7 Å². The summed E-state index contributed by atoms with van der Waals surface area (Å²) in [6, 6.07) is 11.0. The smallest absolute Gasteiger partial charge is 0.326 e. The van der Waals surface area contributed by atoms with Gasteiger partial charge in [0.2, 0.25) is 0 Å². The van der Waals surface area contributed by atoms with Crippen molar-refractivity contribution in [1.82, 2.24) is 4.90 Å². The Morgan fingerprint density at radius 1 is 1.18 bits per heavy atom. The van der Waals surface area contributed by atoms with Gasteiger partial charge in [0.1, 0.15) is 13.2 Å². The second-order valence-corrected chi connectivity index (χ2v) is 9.80. The molecule has 0 N–H and O–H groups in total. The first-order chi connectivity index (χ1) is 16.2. The quantitative estimate of drug-likeness (QED) is 0.268. The Kier molecular flexibility index (Phi) is 9.04. The van der Waals surface area contributed by atoms with Crippen molar-refractivity contribution in [1.29, 1.82) is 0 Å². The van der Waals surface area contributed by atoms with E-state index >= 15 is 0 Å². The van der Waals surface area contributed by atoms with Gasteiger partial charge in [-0.3, -0.25) is 19.3 Å². The van der Waals surface area contributed by atoms with Gasteiger partial charge in [-0.05, 0) is 74.0 Å². The van der Waals surface area contributed by atoms with Crippen LogP contribution in [0.2, 0.25) is 5.02 Å². The third kappa shape index (κ3) is 6.77. The predicted octanol–water partition coefficient (Wildman–Crippen LogP) is 6.07. The average molecular weight is 569 g/mol. The molecular formula is C24H23BrClNO6S. The van der Waals surface area contributed by atoms with E-state index in [0.29, 0.717) is 28.7 Å². The Bertz CT molecular complexity index is 1120. The van der Waals surface area contributed by atoms with E-state index in [-0.39, 0.29) is 17.6 Å². The van der Waals surface area contributed by atoms with Crippen LogP contribution < -0.4 is 9.47 Å². The standard InChI is InChI=1S/C24H23BrClNO6S/c1-4-31-19-10-16(9-18(26)22(19)32-13-15-5-7-17(25)8-6-15)11-20-23(29)27(24(30)34-20)12-21(28)33-14(2)3/h5-11,14H,4,12-13H2,1-3H3/b20-11+. The molecule has 0 aliphatic carbocycles. The predicted molar refractivity (Wildman–Crippen MR) is 135 cm³/mol. The van der Waals surface area contributed by atoms with Crippen LogP contribution in [0.25, 0.3) is 6.08 Å². The summed E-state index contributed by atoms with van der Waals surface area (Å²) in [5.41, 5.74) is 1.51. The van der Waals surface area contributed by atoms with Crippen molar-refractivity contribution in [2.45, 2.75) is 33.5 Å². The molecule has 1 aliphatic heterocycles. The van der Waals surface area contributed by atoms with E-state index in [1.54, 1.807) is 26.0 Å². The van der Waals surface area contributed by atoms with Gasteiger partial charge in [0.25, 0.3) is 11.1 Å². The van der Waals surface area contributed by atoms with Crippen molar-refractivity contribution in [2.24, 2.45) is 0 Å². The molecule has 1 fully saturated rings. The van der Waals surface area contributed by atoms with E-state index in [2.05, 4.69) is 15.9 Å². The van der Waals surface area contributed by atoms with Gasteiger partial charge in [0.15, 0.2) is 11.5 Å². The highest BCUT2D eigenvalue weighted by molar-refractivity contribution is 9.10. The maximum absolute atomic E-state index is 12.7. The van der Waals surface area contributed by atoms with Crippen molar-refractivity contribution in [3.05, 3.63) is 61.9 Å². The Morgan fingerprint density at radius 3 is 2.53 bits per heavy atom. The van der Waals surface area contributed by atoms with E-state index in [1.807, 2.05) is 31.2 Å². The van der Waals surface area contributed by atoms with E-state index in [4.69, 9.17) is 25.8 Å². The van der Waals surface area contributed by atoms with E-state index in [1.165, 1.54) is 6.08 Å². The van der Waals surface area contributed by atoms with Gasteiger partial charge in [0, 0.05) is 4.47 Å². The highest BCUT2D eigenvalue weighted by atomic mass is 79.9. The fourth-order valence-electron chi connectivity index (χ4n) is 3.03. The lowest BCUT2D eigenvalue weighted by molar-refractivity contribution is -0.149. The van der Waals surface area contributed by atoms with E-state index in [9.17, 15) is 14.4 Å². The summed E-state index contributed by atoms with van der Waals surface area (Å²) in [6.45, 7) is 5.45. The molecule has 10 heteroatoms. The zero-order valence-electron chi connectivity index (χ0n) is 18.8. The van der Waals surface area contributed by atoms with Crippen molar-refractivity contribution < 1.29 is 28.6 Å². The minimum atomic E-state index is -0.646. The second kappa shape index (κ2) is 11.8. The first-order valence-corrected chi connectivity index (χ1v) is 12.4. The molecule has 0 aromatic heterocycles. The molecule has 180 valence electrons. The van der Waals surface area contributed by atoms with Crippen LogP contribution in [0.1, 0.15) is 31.9 Å². The molecule has 2 amide bonds. The number of imide groups is 1. The second-order valence-electron chi connectivity index (χ2n) is 7.48. The monoisotopic (exact) mass is 567 g/mol. The first-order valence-electron chi connectivity index (χ1n) is 10.5. The Balaban J connectivity index is 1.80. The minimum Gasteiger partial charge on any atom is -0.490 e. The van der Waals surface area contributed by atoms with Crippen LogP contribution in [-0.2, 0) is 20.9 Å². The van der Waals surface area contributed by atoms with Gasteiger partial charge in [-0.15, -0.1) is 0 Å². The number of ether oxygens (including phenoxy) is 3. The summed E-state index contributed by atoms with van der Waals surface area (Å²) in [5.74, 6) is -0.418. The van der Waals surface area contributed by atoms with Crippen LogP contribution in [0.3, 0.4) is 0 Å². The highest BCUT2D eigenvalue weighted by Gasteiger charge is 2.36. The van der Waals surface area contributed by atoms with Crippen molar-refractivity contribution in [3.8, 4) is 11.5 Å². The van der Waals surface area contributed by atoms with Gasteiger partial charge < -0.3 is 14.2 Å². The summed E-state index contributed by atoms with van der Waals surface area (Å²) in [7, 11) is 0. The summed E-state index contributed by atoms with van der Waals surface area (Å²) >= 11 is 10.6. The number of carbonyl (C=O) groups excluding carboxylic acids is 3. The molecule has 1 aliphatic rings. The molecule has 2 aromatic carbocycles. The number of thioether (sulfide) groups is 1. The van der Waals surface area contributed by atoms with Crippen molar-refractivity contribution >= 4 is 62.5 Å². The normalized spacial score (nSPS) is 14.8. The molecule has 0 spiro atoms. The molecule has 7 nitrogen and oxygen atoms in total. The number of esters is 1. The number of benzene rings is 2. The van der Waals surface area contributed by atoms with Crippen molar-refractivity contribution in [2.75, 3.05) is 13.2 Å². The molecule has 34 heavy (non-hydrogen) atoms. The fourth-order valence-corrected chi connectivity index (χ4v) is 4.40. The van der Waals surface area contributed by atoms with Crippen LogP contribution >= 0.6 is 39.3 Å². The lowest BCUT2D eigenvalue weighted by Crippen LogP contribution is -2.35. The summed E-state index contributed by atoms with van der Waals surface area (Å²) in [5, 5.41) is -0.239. The number of carbonyl (C=O) groups is 3. The third-order valence-corrected chi connectivity index (χ3v) is 6.17. The molecule has 3 rings (SSSR count). The molecule has 2 aromatic rings. The molecule has 0 saturated carbocycles. The van der Waals surface area contributed by atoms with Gasteiger partial charge >= 0.3 is 5.97 Å². The third-order valence-electron chi connectivity index (χ3n) is 4.45. The van der Waals surface area contributed by atoms with Crippen LogP contribution in [0.5, 0.6) is 11.5 Å². The average Bonchev–Trinajstić information content (AvgIpc) is 3.01. The summed E-state index contributed by atoms with van der Waals surface area (Å²) in [6.07, 6.45) is 1.19. The summed E-state index contributed by atoms with van der Waals surface area (Å²) < 4.78 is 17.6. The highest BCUT2D eigenvalue weighted by Crippen LogP contribution is 2.39. The molecular weight excluding hydrogens is 546 g/mol. The molecule has 1 heterocycles. The SMILES string of the molecule is CCOc1cc(/C=C2/SC(=O)N(CC(=O)OC(C)C)C2=O)cc(Cl)c1OCc1ccc(Br)cc1. The number of amides is 2. The summed E-state index contributed by atoms with van der Waals surface area (Å²) in [4.78, 5) is 37.9. The van der Waals surface area contributed by atoms with Crippen LogP contribution in [-0.4, -0.2) is 41.3 Å². The zero-order valence-corrected chi connectivity index (χ0v) is 22.0. The molecule has 0 bridgehead atoms. The fraction of sp³-hybridized carbons (Fsp3) is 0.292. The first kappa shape index (κ1) is 26.1. The molecule has 1 saturated heterocycles. The number of nitrogens with zero attached hydrogens (tertiary/aromatic N) is 1. The Morgan fingerprint density at radius 2 is 1.88 bits per heavy atom. The minimum absolute atomic E-state index is 0.171. The van der Waals surface area contributed by atoms with Gasteiger partial charge in [-0.25, -0.2) is 0 Å². The van der Waals surface area contributed by atoms with Crippen LogP contribution in [0, 0.1) is 0 Å². The number of hydrogen-bond acceptors (Lipinski definition) is 7. The Labute approximate surface area is 215 Å². The number of rotatable bonds is 9. The van der Waals surface area contributed by atoms with Crippen LogP contribution in [0.15, 0.2) is 45.8 Å². The molecule has 0 radical (unpaired) electrons. The van der Waals surface area contributed by atoms with Gasteiger partial charge in [-0.2, -0.15) is 0 Å². The van der Waals surface area contributed by atoms with Gasteiger partial charge in [0.05, 0.1) is 22.6 Å². The van der Waals surface area contributed by atoms with Gasteiger partial charge in [-0.1, -0.05) is 39.7 Å². The van der Waals surface area contributed by atoms with Crippen molar-refractivity contribution in [3.63, 3.8) is 0 Å². The maximum atomic E-state index is 12.7. The molecule has 0 unspecified atom stereocenters. The van der Waals surface area contributed by atoms with E-state index in [0.717, 1.165) is 26.7 Å². The topological polar surface area (TPSA) is 82.1 Å². The lowest BCUT2D eigenvalue weighted by Gasteiger charge is -2.15. The number of halogens is 2. The zero-order chi connectivity index (χ0) is 24.8. The largest absolute Gasteiger partial charge is 0.490 e. The van der Waals surface area contributed by atoms with Crippen LogP contribution in [0.4, 0.5) is 4.79 Å². The Hall–Kier alpha value is -2.49. The maximum Gasteiger partial charge on any atom is 0.326 e. The molecule has 0 atom stereocenters. The number of hydrogen-bond donors (Lipinski definition) is 0. The lowest BCUT2D eigenvalue weighted by atomic mass is 10.1.